The van der Waals surface area contributed by atoms with Gasteiger partial charge in [-0.1, -0.05) is 25.1 Å². The largest absolute Gasteiger partial charge is 0.317 e. The number of pyridine rings is 1. The average molecular weight is 344 g/mol. The van der Waals surface area contributed by atoms with Gasteiger partial charge in [-0.2, -0.15) is 9.78 Å². The van der Waals surface area contributed by atoms with Crippen LogP contribution < -0.4 is 5.56 Å². The minimum atomic E-state index is -0.147. The van der Waals surface area contributed by atoms with Gasteiger partial charge in [0.05, 0.1) is 11.6 Å². The molecule has 0 saturated heterocycles. The third-order valence-corrected chi connectivity index (χ3v) is 4.87. The average Bonchev–Trinajstić information content (AvgIpc) is 2.94. The number of aryl methyl sites for hydroxylation is 3. The Morgan fingerprint density at radius 1 is 1.00 bits per heavy atom. The van der Waals surface area contributed by atoms with Crippen molar-refractivity contribution in [1.29, 1.82) is 0 Å². The maximum absolute atomic E-state index is 13.1. The first-order valence-corrected chi connectivity index (χ1v) is 8.72. The quantitative estimate of drug-likeness (QED) is 0.569. The maximum Gasteiger partial charge on any atom is 0.282 e. The zero-order chi connectivity index (χ0) is 18.3. The van der Waals surface area contributed by atoms with Crippen LogP contribution in [0.3, 0.4) is 0 Å². The van der Waals surface area contributed by atoms with E-state index in [0.717, 1.165) is 28.9 Å². The number of fused-ring (bicyclic) bond motifs is 1. The second-order valence-corrected chi connectivity index (χ2v) is 6.36. The summed E-state index contributed by atoms with van der Waals surface area (Å²) in [6.45, 7) is 6.14. The van der Waals surface area contributed by atoms with E-state index in [-0.39, 0.29) is 5.56 Å². The minimum absolute atomic E-state index is 0.147. The van der Waals surface area contributed by atoms with Crippen LogP contribution in [0.4, 0.5) is 0 Å². The van der Waals surface area contributed by atoms with Crippen molar-refractivity contribution < 1.29 is 0 Å². The van der Waals surface area contributed by atoms with Gasteiger partial charge >= 0.3 is 0 Å². The highest BCUT2D eigenvalue weighted by atomic mass is 16.1. The summed E-state index contributed by atoms with van der Waals surface area (Å²) in [5.41, 5.74) is 4.13. The molecule has 0 fully saturated rings. The van der Waals surface area contributed by atoms with Crippen molar-refractivity contribution in [3.63, 3.8) is 0 Å². The fourth-order valence-corrected chi connectivity index (χ4v) is 3.47. The standard InChI is InChI=1S/C21H20N4O/c1-4-16-8-10-17(11-9-16)24-14(2)18-13-23-25(19-7-5-6-12-22-19)21(26)20(18)15(24)3/h5-13H,4H2,1-3H3. The van der Waals surface area contributed by atoms with E-state index in [0.29, 0.717) is 11.2 Å². The Bertz CT molecular complexity index is 1140. The lowest BCUT2D eigenvalue weighted by Gasteiger charge is -2.09. The Morgan fingerprint density at radius 3 is 2.42 bits per heavy atom. The molecule has 0 aliphatic rings. The summed E-state index contributed by atoms with van der Waals surface area (Å²) in [4.78, 5) is 17.3. The molecule has 0 unspecified atom stereocenters. The highest BCUT2D eigenvalue weighted by Gasteiger charge is 2.18. The monoisotopic (exact) mass is 344 g/mol. The lowest BCUT2D eigenvalue weighted by Crippen LogP contribution is -2.21. The lowest BCUT2D eigenvalue weighted by atomic mass is 10.1. The van der Waals surface area contributed by atoms with E-state index in [9.17, 15) is 4.79 Å². The van der Waals surface area contributed by atoms with E-state index in [1.807, 2.05) is 26.0 Å². The van der Waals surface area contributed by atoms with Crippen molar-refractivity contribution in [2.75, 3.05) is 0 Å². The van der Waals surface area contributed by atoms with Gasteiger partial charge in [-0.05, 0) is 50.1 Å². The van der Waals surface area contributed by atoms with Crippen LogP contribution in [0.5, 0.6) is 0 Å². The Balaban J connectivity index is 1.97. The summed E-state index contributed by atoms with van der Waals surface area (Å²) >= 11 is 0. The SMILES string of the molecule is CCc1ccc(-n2c(C)c3cnn(-c4ccccn4)c(=O)c3c2C)cc1. The van der Waals surface area contributed by atoms with Crippen LogP contribution in [0.15, 0.2) is 59.7 Å². The lowest BCUT2D eigenvalue weighted by molar-refractivity contribution is 0.794. The Labute approximate surface area is 151 Å². The number of benzene rings is 1. The molecule has 0 radical (unpaired) electrons. The molecular formula is C21H20N4O. The summed E-state index contributed by atoms with van der Waals surface area (Å²) in [6, 6.07) is 13.9. The molecule has 4 rings (SSSR count). The van der Waals surface area contributed by atoms with Gasteiger partial charge in [-0.25, -0.2) is 4.98 Å². The first kappa shape index (κ1) is 16.3. The van der Waals surface area contributed by atoms with E-state index < -0.39 is 0 Å². The predicted octanol–water partition coefficient (Wildman–Crippen LogP) is 3.75. The van der Waals surface area contributed by atoms with Crippen LogP contribution >= 0.6 is 0 Å². The van der Waals surface area contributed by atoms with Crippen molar-refractivity contribution in [3.05, 3.63) is 82.2 Å². The van der Waals surface area contributed by atoms with Crippen LogP contribution in [0.1, 0.15) is 23.9 Å². The summed E-state index contributed by atoms with van der Waals surface area (Å²) in [5, 5.41) is 5.90. The number of rotatable bonds is 3. The highest BCUT2D eigenvalue weighted by molar-refractivity contribution is 5.88. The maximum atomic E-state index is 13.1. The van der Waals surface area contributed by atoms with Gasteiger partial charge in [0, 0.05) is 28.7 Å². The molecule has 3 aromatic heterocycles. The number of hydrogen-bond donors (Lipinski definition) is 0. The summed E-state index contributed by atoms with van der Waals surface area (Å²) < 4.78 is 3.48. The number of aromatic nitrogens is 4. The summed E-state index contributed by atoms with van der Waals surface area (Å²) in [7, 11) is 0. The van der Waals surface area contributed by atoms with Crippen LogP contribution in [-0.2, 0) is 6.42 Å². The molecular weight excluding hydrogens is 324 g/mol. The van der Waals surface area contributed by atoms with Crippen LogP contribution in [0.2, 0.25) is 0 Å². The molecule has 0 spiro atoms. The summed E-state index contributed by atoms with van der Waals surface area (Å²) in [6.07, 6.45) is 4.42. The molecule has 0 N–H and O–H groups in total. The minimum Gasteiger partial charge on any atom is -0.317 e. The summed E-state index contributed by atoms with van der Waals surface area (Å²) in [5.74, 6) is 0.525. The molecule has 4 aromatic rings. The van der Waals surface area contributed by atoms with Crippen molar-refractivity contribution in [1.82, 2.24) is 19.3 Å². The second-order valence-electron chi connectivity index (χ2n) is 6.36. The zero-order valence-corrected chi connectivity index (χ0v) is 15.1. The molecule has 0 aliphatic carbocycles. The van der Waals surface area contributed by atoms with Gasteiger partial charge in [-0.3, -0.25) is 4.79 Å². The smallest absolute Gasteiger partial charge is 0.282 e. The van der Waals surface area contributed by atoms with Crippen LogP contribution in [-0.4, -0.2) is 19.3 Å². The number of hydrogen-bond acceptors (Lipinski definition) is 3. The molecule has 1 aromatic carbocycles. The van der Waals surface area contributed by atoms with Gasteiger partial charge in [0.15, 0.2) is 5.82 Å². The van der Waals surface area contributed by atoms with E-state index in [1.54, 1.807) is 18.5 Å². The molecule has 130 valence electrons. The fourth-order valence-electron chi connectivity index (χ4n) is 3.47. The van der Waals surface area contributed by atoms with Crippen molar-refractivity contribution >= 4 is 10.8 Å². The van der Waals surface area contributed by atoms with E-state index in [1.165, 1.54) is 10.2 Å². The molecule has 0 saturated carbocycles. The molecule has 3 heterocycles. The molecule has 0 aliphatic heterocycles. The van der Waals surface area contributed by atoms with Gasteiger partial charge in [-0.15, -0.1) is 0 Å². The van der Waals surface area contributed by atoms with Gasteiger partial charge in [0.1, 0.15) is 0 Å². The highest BCUT2D eigenvalue weighted by Crippen LogP contribution is 2.26. The molecule has 5 heteroatoms. The van der Waals surface area contributed by atoms with Crippen molar-refractivity contribution in [2.45, 2.75) is 27.2 Å². The van der Waals surface area contributed by atoms with E-state index in [4.69, 9.17) is 0 Å². The normalized spacial score (nSPS) is 11.2. The third-order valence-electron chi connectivity index (χ3n) is 4.87. The first-order valence-electron chi connectivity index (χ1n) is 8.72. The van der Waals surface area contributed by atoms with Crippen molar-refractivity contribution in [2.24, 2.45) is 0 Å². The molecule has 26 heavy (non-hydrogen) atoms. The van der Waals surface area contributed by atoms with Gasteiger partial charge < -0.3 is 4.57 Å². The third kappa shape index (κ3) is 2.44. The Morgan fingerprint density at radius 2 is 1.77 bits per heavy atom. The number of nitrogens with zero attached hydrogens (tertiary/aromatic N) is 4. The zero-order valence-electron chi connectivity index (χ0n) is 15.1. The molecule has 5 nitrogen and oxygen atoms in total. The van der Waals surface area contributed by atoms with Crippen molar-refractivity contribution in [3.8, 4) is 11.5 Å². The topological polar surface area (TPSA) is 52.7 Å². The Kier molecular flexibility index (Phi) is 3.92. The van der Waals surface area contributed by atoms with Gasteiger partial charge in [0.25, 0.3) is 5.56 Å². The molecule has 0 atom stereocenters. The van der Waals surface area contributed by atoms with Gasteiger partial charge in [0.2, 0.25) is 0 Å². The van der Waals surface area contributed by atoms with Crippen LogP contribution in [0.25, 0.3) is 22.3 Å². The second kappa shape index (κ2) is 6.26. The molecule has 0 bridgehead atoms. The predicted molar refractivity (Wildman–Crippen MR) is 103 cm³/mol. The fraction of sp³-hybridized carbons (Fsp3) is 0.190. The molecule has 0 amide bonds. The van der Waals surface area contributed by atoms with Crippen LogP contribution in [0, 0.1) is 13.8 Å². The first-order chi connectivity index (χ1) is 12.6. The van der Waals surface area contributed by atoms with E-state index in [2.05, 4.69) is 45.8 Å². The Hall–Kier alpha value is -3.21. The van der Waals surface area contributed by atoms with E-state index >= 15 is 0 Å².